The molecule has 0 spiro atoms. The molecule has 0 radical (unpaired) electrons. The fourth-order valence-electron chi connectivity index (χ4n) is 2.47. The van der Waals surface area contributed by atoms with Crippen LogP contribution in [0.2, 0.25) is 0 Å². The standard InChI is InChI=1S/C18H15BrFNO2/c1-11(15-4-2-3-5-16(15)20)21-18(22)13-8-12-9-14(19)6-7-17(12)23-10-13/h2-9,11H,10H2,1H3,(H,21,22). The van der Waals surface area contributed by atoms with Gasteiger partial charge in [0.25, 0.3) is 5.91 Å². The van der Waals surface area contributed by atoms with Gasteiger partial charge in [0.2, 0.25) is 0 Å². The van der Waals surface area contributed by atoms with Gasteiger partial charge in [-0.2, -0.15) is 0 Å². The van der Waals surface area contributed by atoms with Gasteiger partial charge in [0.15, 0.2) is 0 Å². The second-order valence-corrected chi connectivity index (χ2v) is 6.27. The van der Waals surface area contributed by atoms with Crippen molar-refractivity contribution in [1.29, 1.82) is 0 Å². The number of benzene rings is 2. The van der Waals surface area contributed by atoms with Crippen LogP contribution in [0.5, 0.6) is 5.75 Å². The molecule has 3 nitrogen and oxygen atoms in total. The minimum absolute atomic E-state index is 0.199. The van der Waals surface area contributed by atoms with Gasteiger partial charge < -0.3 is 10.1 Å². The molecule has 2 aromatic carbocycles. The van der Waals surface area contributed by atoms with Crippen LogP contribution in [0.1, 0.15) is 24.1 Å². The van der Waals surface area contributed by atoms with Crippen molar-refractivity contribution in [2.24, 2.45) is 0 Å². The highest BCUT2D eigenvalue weighted by molar-refractivity contribution is 9.10. The third-order valence-electron chi connectivity index (χ3n) is 3.70. The van der Waals surface area contributed by atoms with E-state index in [0.717, 1.165) is 15.8 Å². The minimum Gasteiger partial charge on any atom is -0.488 e. The first-order valence-electron chi connectivity index (χ1n) is 7.23. The van der Waals surface area contributed by atoms with E-state index in [2.05, 4.69) is 21.2 Å². The highest BCUT2D eigenvalue weighted by Gasteiger charge is 2.20. The number of hydrogen-bond acceptors (Lipinski definition) is 2. The van der Waals surface area contributed by atoms with E-state index in [1.165, 1.54) is 6.07 Å². The molecule has 0 saturated heterocycles. The molecule has 1 aliphatic heterocycles. The Labute approximate surface area is 142 Å². The van der Waals surface area contributed by atoms with E-state index in [0.29, 0.717) is 11.1 Å². The molecule has 0 bridgehead atoms. The Morgan fingerprint density at radius 1 is 1.30 bits per heavy atom. The number of carbonyl (C=O) groups is 1. The number of ether oxygens (including phenoxy) is 1. The normalized spacial score (nSPS) is 14.3. The number of fused-ring (bicyclic) bond motifs is 1. The first-order valence-corrected chi connectivity index (χ1v) is 8.02. The van der Waals surface area contributed by atoms with E-state index in [9.17, 15) is 9.18 Å². The van der Waals surface area contributed by atoms with E-state index in [1.54, 1.807) is 31.2 Å². The van der Waals surface area contributed by atoms with Crippen molar-refractivity contribution in [2.45, 2.75) is 13.0 Å². The Bertz CT molecular complexity index is 788. The third-order valence-corrected chi connectivity index (χ3v) is 4.19. The third kappa shape index (κ3) is 3.45. The van der Waals surface area contributed by atoms with Crippen LogP contribution < -0.4 is 10.1 Å². The van der Waals surface area contributed by atoms with Crippen molar-refractivity contribution in [2.75, 3.05) is 6.61 Å². The molecule has 1 unspecified atom stereocenters. The van der Waals surface area contributed by atoms with Crippen molar-refractivity contribution in [3.63, 3.8) is 0 Å². The van der Waals surface area contributed by atoms with E-state index in [1.807, 2.05) is 18.2 Å². The largest absolute Gasteiger partial charge is 0.488 e. The zero-order valence-electron chi connectivity index (χ0n) is 12.5. The van der Waals surface area contributed by atoms with Crippen molar-refractivity contribution >= 4 is 27.9 Å². The molecular weight excluding hydrogens is 361 g/mol. The predicted molar refractivity (Wildman–Crippen MR) is 90.6 cm³/mol. The maximum absolute atomic E-state index is 13.8. The molecule has 0 saturated carbocycles. The van der Waals surface area contributed by atoms with Crippen LogP contribution in [-0.2, 0) is 4.79 Å². The van der Waals surface area contributed by atoms with Gasteiger partial charge in [-0.05, 0) is 37.3 Å². The van der Waals surface area contributed by atoms with Crippen molar-refractivity contribution in [3.05, 3.63) is 69.5 Å². The summed E-state index contributed by atoms with van der Waals surface area (Å²) in [7, 11) is 0. The fraction of sp³-hybridized carbons (Fsp3) is 0.167. The highest BCUT2D eigenvalue weighted by Crippen LogP contribution is 2.29. The molecule has 1 atom stereocenters. The number of halogens is 2. The first-order chi connectivity index (χ1) is 11.0. The number of rotatable bonds is 3. The lowest BCUT2D eigenvalue weighted by Gasteiger charge is -2.20. The van der Waals surface area contributed by atoms with E-state index < -0.39 is 6.04 Å². The molecule has 3 rings (SSSR count). The quantitative estimate of drug-likeness (QED) is 0.870. The summed E-state index contributed by atoms with van der Waals surface area (Å²) in [5.41, 5.74) is 1.81. The fourth-order valence-corrected chi connectivity index (χ4v) is 2.85. The summed E-state index contributed by atoms with van der Waals surface area (Å²) in [6.07, 6.45) is 1.80. The number of amides is 1. The smallest absolute Gasteiger partial charge is 0.251 e. The lowest BCUT2D eigenvalue weighted by Crippen LogP contribution is -2.31. The van der Waals surface area contributed by atoms with Crippen LogP contribution in [0.3, 0.4) is 0 Å². The summed E-state index contributed by atoms with van der Waals surface area (Å²) in [5, 5.41) is 2.81. The summed E-state index contributed by atoms with van der Waals surface area (Å²) in [6.45, 7) is 1.95. The number of hydrogen-bond donors (Lipinski definition) is 1. The molecule has 1 amide bonds. The number of carbonyl (C=O) groups excluding carboxylic acids is 1. The summed E-state index contributed by atoms with van der Waals surface area (Å²) in [6, 6.07) is 11.6. The molecule has 118 valence electrons. The summed E-state index contributed by atoms with van der Waals surface area (Å²) < 4.78 is 20.3. The Hall–Kier alpha value is -2.14. The monoisotopic (exact) mass is 375 g/mol. The van der Waals surface area contributed by atoms with Gasteiger partial charge in [-0.3, -0.25) is 4.79 Å². The molecule has 0 aliphatic carbocycles. The highest BCUT2D eigenvalue weighted by atomic mass is 79.9. The van der Waals surface area contributed by atoms with E-state index in [-0.39, 0.29) is 18.3 Å². The predicted octanol–water partition coefficient (Wildman–Crippen LogP) is 4.24. The van der Waals surface area contributed by atoms with Crippen molar-refractivity contribution in [1.82, 2.24) is 5.32 Å². The Balaban J connectivity index is 1.78. The van der Waals surface area contributed by atoms with E-state index in [4.69, 9.17) is 4.74 Å². The van der Waals surface area contributed by atoms with Crippen molar-refractivity contribution < 1.29 is 13.9 Å². The van der Waals surface area contributed by atoms with Gasteiger partial charge in [0.05, 0.1) is 11.6 Å². The molecular formula is C18H15BrFNO2. The van der Waals surface area contributed by atoms with Crippen LogP contribution in [0.15, 0.2) is 52.5 Å². The molecule has 1 aliphatic rings. The molecule has 2 aromatic rings. The molecule has 1 N–H and O–H groups in total. The molecule has 0 fully saturated rings. The molecule has 23 heavy (non-hydrogen) atoms. The molecule has 1 heterocycles. The Kier molecular flexibility index (Phi) is 4.48. The van der Waals surface area contributed by atoms with Crippen LogP contribution in [0.25, 0.3) is 6.08 Å². The van der Waals surface area contributed by atoms with Gasteiger partial charge in [0.1, 0.15) is 18.2 Å². The van der Waals surface area contributed by atoms with Gasteiger partial charge >= 0.3 is 0 Å². The average molecular weight is 376 g/mol. The Morgan fingerprint density at radius 3 is 2.87 bits per heavy atom. The SMILES string of the molecule is CC(NC(=O)C1=Cc2cc(Br)ccc2OC1)c1ccccc1F. The lowest BCUT2D eigenvalue weighted by atomic mass is 10.0. The van der Waals surface area contributed by atoms with Gasteiger partial charge in [-0.1, -0.05) is 34.1 Å². The van der Waals surface area contributed by atoms with E-state index >= 15 is 0 Å². The summed E-state index contributed by atoms with van der Waals surface area (Å²) in [4.78, 5) is 12.4. The van der Waals surface area contributed by atoms with Crippen LogP contribution in [-0.4, -0.2) is 12.5 Å². The minimum atomic E-state index is -0.423. The summed E-state index contributed by atoms with van der Waals surface area (Å²) in [5.74, 6) is 0.154. The first kappa shape index (κ1) is 15.7. The van der Waals surface area contributed by atoms with Crippen molar-refractivity contribution in [3.8, 4) is 5.75 Å². The zero-order valence-corrected chi connectivity index (χ0v) is 14.1. The second-order valence-electron chi connectivity index (χ2n) is 5.36. The van der Waals surface area contributed by atoms with Crippen LogP contribution in [0.4, 0.5) is 4.39 Å². The van der Waals surface area contributed by atoms with Gasteiger partial charge in [0, 0.05) is 15.6 Å². The second kappa shape index (κ2) is 6.54. The molecule has 0 aromatic heterocycles. The van der Waals surface area contributed by atoms with Crippen LogP contribution >= 0.6 is 15.9 Å². The molecule has 5 heteroatoms. The lowest BCUT2D eigenvalue weighted by molar-refractivity contribution is -0.118. The topological polar surface area (TPSA) is 38.3 Å². The van der Waals surface area contributed by atoms with Crippen LogP contribution in [0, 0.1) is 5.82 Å². The zero-order chi connectivity index (χ0) is 16.4. The van der Waals surface area contributed by atoms with Gasteiger partial charge in [-0.25, -0.2) is 4.39 Å². The summed E-state index contributed by atoms with van der Waals surface area (Å²) >= 11 is 3.40. The maximum Gasteiger partial charge on any atom is 0.251 e. The maximum atomic E-state index is 13.8. The Morgan fingerprint density at radius 2 is 2.09 bits per heavy atom. The average Bonchev–Trinajstić information content (AvgIpc) is 2.54. The number of nitrogens with one attached hydrogen (secondary N) is 1. The van der Waals surface area contributed by atoms with Gasteiger partial charge in [-0.15, -0.1) is 0 Å².